The van der Waals surface area contributed by atoms with E-state index in [2.05, 4.69) is 9.97 Å². The Bertz CT molecular complexity index is 685. The van der Waals surface area contributed by atoms with Crippen LogP contribution in [0.1, 0.15) is 56.2 Å². The Morgan fingerprint density at radius 2 is 1.87 bits per heavy atom. The highest BCUT2D eigenvalue weighted by Gasteiger charge is 2.35. The highest BCUT2D eigenvalue weighted by molar-refractivity contribution is 5.77. The number of H-pyrrole nitrogens is 2. The summed E-state index contributed by atoms with van der Waals surface area (Å²) >= 11 is 0. The quantitative estimate of drug-likeness (QED) is 0.881. The standard InChI is InChI=1S/C17H25N3O3/c1-11-13(16(22)19-17(23)18-11)8-9-15(21)20-10-4-7-14(20)12-5-2-3-6-12/h12,14H,2-10H2,1H3,(H2,18,19,22,23)/t14-/m0/s1. The van der Waals surface area contributed by atoms with E-state index in [9.17, 15) is 14.4 Å². The molecule has 1 atom stereocenters. The van der Waals surface area contributed by atoms with Crippen LogP contribution in [0.15, 0.2) is 9.59 Å². The first-order chi connectivity index (χ1) is 11.1. The van der Waals surface area contributed by atoms with Crippen molar-refractivity contribution < 1.29 is 4.79 Å². The van der Waals surface area contributed by atoms with Crippen molar-refractivity contribution in [3.05, 3.63) is 32.1 Å². The van der Waals surface area contributed by atoms with Gasteiger partial charge in [0.1, 0.15) is 0 Å². The molecule has 1 saturated carbocycles. The van der Waals surface area contributed by atoms with E-state index >= 15 is 0 Å². The van der Waals surface area contributed by atoms with Crippen LogP contribution in [0.25, 0.3) is 0 Å². The van der Waals surface area contributed by atoms with Crippen LogP contribution in [0, 0.1) is 12.8 Å². The molecule has 0 radical (unpaired) electrons. The molecule has 2 N–H and O–H groups in total. The van der Waals surface area contributed by atoms with Gasteiger partial charge in [0.25, 0.3) is 5.56 Å². The number of hydrogen-bond acceptors (Lipinski definition) is 3. The van der Waals surface area contributed by atoms with Gasteiger partial charge in [-0.15, -0.1) is 0 Å². The van der Waals surface area contributed by atoms with Crippen molar-refractivity contribution in [3.63, 3.8) is 0 Å². The van der Waals surface area contributed by atoms with Crippen molar-refractivity contribution in [2.75, 3.05) is 6.54 Å². The number of likely N-dealkylation sites (tertiary alicyclic amines) is 1. The molecule has 1 aromatic heterocycles. The second-order valence-electron chi connectivity index (χ2n) is 6.85. The van der Waals surface area contributed by atoms with E-state index in [1.54, 1.807) is 6.92 Å². The first kappa shape index (κ1) is 16.0. The molecule has 1 amide bonds. The summed E-state index contributed by atoms with van der Waals surface area (Å²) in [5.74, 6) is 0.809. The number of rotatable bonds is 4. The average Bonchev–Trinajstić information content (AvgIpc) is 3.16. The van der Waals surface area contributed by atoms with Crippen molar-refractivity contribution in [1.29, 1.82) is 0 Å². The topological polar surface area (TPSA) is 86.0 Å². The molecule has 0 aromatic carbocycles. The molecule has 6 heteroatoms. The Balaban J connectivity index is 1.65. The SMILES string of the molecule is Cc1[nH]c(=O)[nH]c(=O)c1CCC(=O)N1CCC[C@H]1C1CCCC1. The van der Waals surface area contributed by atoms with E-state index in [0.29, 0.717) is 36.1 Å². The summed E-state index contributed by atoms with van der Waals surface area (Å²) < 4.78 is 0. The number of aromatic amines is 2. The number of amides is 1. The third kappa shape index (κ3) is 3.41. The molecule has 1 aliphatic carbocycles. The predicted molar refractivity (Wildman–Crippen MR) is 87.4 cm³/mol. The lowest BCUT2D eigenvalue weighted by Gasteiger charge is -2.29. The Labute approximate surface area is 135 Å². The van der Waals surface area contributed by atoms with Crippen molar-refractivity contribution in [1.82, 2.24) is 14.9 Å². The van der Waals surface area contributed by atoms with Gasteiger partial charge in [0.15, 0.2) is 0 Å². The number of nitrogens with zero attached hydrogens (tertiary/aromatic N) is 1. The minimum absolute atomic E-state index is 0.143. The molecule has 0 bridgehead atoms. The van der Waals surface area contributed by atoms with Gasteiger partial charge < -0.3 is 9.88 Å². The van der Waals surface area contributed by atoms with Crippen LogP contribution in [-0.2, 0) is 11.2 Å². The van der Waals surface area contributed by atoms with Gasteiger partial charge in [-0.05, 0) is 44.9 Å². The van der Waals surface area contributed by atoms with Gasteiger partial charge in [-0.25, -0.2) is 4.79 Å². The Morgan fingerprint density at radius 1 is 1.13 bits per heavy atom. The summed E-state index contributed by atoms with van der Waals surface area (Å²) in [4.78, 5) is 42.6. The van der Waals surface area contributed by atoms with Gasteiger partial charge in [0.05, 0.1) is 0 Å². The van der Waals surface area contributed by atoms with Crippen molar-refractivity contribution in [2.45, 2.75) is 64.3 Å². The molecule has 1 saturated heterocycles. The van der Waals surface area contributed by atoms with Gasteiger partial charge in [-0.1, -0.05) is 12.8 Å². The van der Waals surface area contributed by atoms with E-state index < -0.39 is 5.69 Å². The monoisotopic (exact) mass is 319 g/mol. The zero-order valence-corrected chi connectivity index (χ0v) is 13.7. The van der Waals surface area contributed by atoms with Crippen LogP contribution in [-0.4, -0.2) is 33.4 Å². The fourth-order valence-electron chi connectivity index (χ4n) is 4.24. The zero-order valence-electron chi connectivity index (χ0n) is 13.7. The Kier molecular flexibility index (Phi) is 4.68. The highest BCUT2D eigenvalue weighted by atomic mass is 16.2. The first-order valence-electron chi connectivity index (χ1n) is 8.68. The van der Waals surface area contributed by atoms with E-state index in [0.717, 1.165) is 19.4 Å². The number of aryl methyl sites for hydroxylation is 1. The van der Waals surface area contributed by atoms with Crippen LogP contribution in [0.4, 0.5) is 0 Å². The van der Waals surface area contributed by atoms with Crippen molar-refractivity contribution >= 4 is 5.91 Å². The minimum atomic E-state index is -0.497. The lowest BCUT2D eigenvalue weighted by Crippen LogP contribution is -2.39. The van der Waals surface area contributed by atoms with Gasteiger partial charge in [-0.2, -0.15) is 0 Å². The Hall–Kier alpha value is -1.85. The summed E-state index contributed by atoms with van der Waals surface area (Å²) in [5.41, 5.74) is 0.186. The predicted octanol–water partition coefficient (Wildman–Crippen LogP) is 1.49. The van der Waals surface area contributed by atoms with Gasteiger partial charge >= 0.3 is 5.69 Å². The van der Waals surface area contributed by atoms with Gasteiger partial charge in [-0.3, -0.25) is 14.6 Å². The number of carbonyl (C=O) groups is 1. The molecule has 6 nitrogen and oxygen atoms in total. The van der Waals surface area contributed by atoms with Crippen molar-refractivity contribution in [3.8, 4) is 0 Å². The number of carbonyl (C=O) groups excluding carboxylic acids is 1. The Morgan fingerprint density at radius 3 is 2.57 bits per heavy atom. The third-order valence-corrected chi connectivity index (χ3v) is 5.41. The molecule has 1 aromatic rings. The minimum Gasteiger partial charge on any atom is -0.339 e. The third-order valence-electron chi connectivity index (χ3n) is 5.41. The summed E-state index contributed by atoms with van der Waals surface area (Å²) in [5, 5.41) is 0. The second-order valence-corrected chi connectivity index (χ2v) is 6.85. The molecular formula is C17H25N3O3. The summed E-state index contributed by atoms with van der Waals surface area (Å²) in [7, 11) is 0. The lowest BCUT2D eigenvalue weighted by molar-refractivity contribution is -0.132. The number of aromatic nitrogens is 2. The van der Waals surface area contributed by atoms with E-state index in [4.69, 9.17) is 0 Å². The van der Waals surface area contributed by atoms with Crippen LogP contribution >= 0.6 is 0 Å². The summed E-state index contributed by atoms with van der Waals surface area (Å²) in [6, 6.07) is 0.403. The number of hydrogen-bond donors (Lipinski definition) is 2. The van der Waals surface area contributed by atoms with E-state index in [1.807, 2.05) is 4.90 Å². The molecule has 0 unspecified atom stereocenters. The van der Waals surface area contributed by atoms with Crippen LogP contribution in [0.5, 0.6) is 0 Å². The van der Waals surface area contributed by atoms with Gasteiger partial charge in [0.2, 0.25) is 5.91 Å². The summed E-state index contributed by atoms with van der Waals surface area (Å²) in [6.45, 7) is 2.55. The molecule has 1 aliphatic heterocycles. The smallest absolute Gasteiger partial charge is 0.325 e. The largest absolute Gasteiger partial charge is 0.339 e. The first-order valence-corrected chi connectivity index (χ1v) is 8.68. The normalized spacial score (nSPS) is 22.0. The molecule has 3 rings (SSSR count). The van der Waals surface area contributed by atoms with Crippen LogP contribution in [0.3, 0.4) is 0 Å². The zero-order chi connectivity index (χ0) is 16.4. The molecule has 126 valence electrons. The maximum absolute atomic E-state index is 12.6. The van der Waals surface area contributed by atoms with Crippen LogP contribution in [0.2, 0.25) is 0 Å². The molecule has 23 heavy (non-hydrogen) atoms. The van der Waals surface area contributed by atoms with Crippen LogP contribution < -0.4 is 11.2 Å². The molecule has 2 heterocycles. The fraction of sp³-hybridized carbons (Fsp3) is 0.706. The van der Waals surface area contributed by atoms with Crippen molar-refractivity contribution in [2.24, 2.45) is 5.92 Å². The highest BCUT2D eigenvalue weighted by Crippen LogP contribution is 2.35. The maximum atomic E-state index is 12.6. The maximum Gasteiger partial charge on any atom is 0.325 e. The molecule has 2 aliphatic rings. The lowest BCUT2D eigenvalue weighted by atomic mass is 9.95. The summed E-state index contributed by atoms with van der Waals surface area (Å²) in [6.07, 6.45) is 7.98. The molecular weight excluding hydrogens is 294 g/mol. The molecule has 2 fully saturated rings. The fourth-order valence-corrected chi connectivity index (χ4v) is 4.24. The van der Waals surface area contributed by atoms with E-state index in [-0.39, 0.29) is 11.5 Å². The average molecular weight is 319 g/mol. The number of nitrogens with one attached hydrogen (secondary N) is 2. The van der Waals surface area contributed by atoms with Gasteiger partial charge in [0, 0.05) is 30.3 Å². The second kappa shape index (κ2) is 6.72. The van der Waals surface area contributed by atoms with E-state index in [1.165, 1.54) is 25.7 Å². The molecule has 0 spiro atoms.